The summed E-state index contributed by atoms with van der Waals surface area (Å²) in [5.74, 6) is -0.516. The summed E-state index contributed by atoms with van der Waals surface area (Å²) in [4.78, 5) is 22.7. The summed E-state index contributed by atoms with van der Waals surface area (Å²) in [7, 11) is -3.90. The molecule has 7 nitrogen and oxygen atoms in total. The van der Waals surface area contributed by atoms with Crippen molar-refractivity contribution in [3.63, 3.8) is 0 Å². The lowest BCUT2D eigenvalue weighted by molar-refractivity contribution is -0.118. The maximum absolute atomic E-state index is 11.9. The summed E-state index contributed by atoms with van der Waals surface area (Å²) in [6.07, 6.45) is 0. The molecule has 0 heterocycles. The first-order valence-corrected chi connectivity index (χ1v) is 9.35. The van der Waals surface area contributed by atoms with Crippen LogP contribution < -0.4 is 14.8 Å². The Morgan fingerprint density at radius 2 is 1.64 bits per heavy atom. The minimum atomic E-state index is -3.90. The number of hydrogen-bond donors (Lipinski definition) is 2. The molecule has 25 heavy (non-hydrogen) atoms. The minimum Gasteiger partial charge on any atom is -0.484 e. The van der Waals surface area contributed by atoms with Crippen LogP contribution in [0.25, 0.3) is 0 Å². The number of amides is 2. The Kier molecular flexibility index (Phi) is 6.16. The molecule has 0 unspecified atom stereocenters. The number of anilines is 1. The number of ether oxygens (including phenoxy) is 1. The molecule has 0 fully saturated rings. The zero-order chi connectivity index (χ0) is 18.4. The molecule has 0 radical (unpaired) electrons. The van der Waals surface area contributed by atoms with E-state index < -0.39 is 15.9 Å². The average Bonchev–Trinajstić information content (AvgIpc) is 2.54. The van der Waals surface area contributed by atoms with Crippen LogP contribution in [0.3, 0.4) is 0 Å². The summed E-state index contributed by atoms with van der Waals surface area (Å²) < 4.78 is 31.7. The van der Waals surface area contributed by atoms with Crippen LogP contribution in [-0.4, -0.2) is 26.8 Å². The first-order valence-electron chi connectivity index (χ1n) is 7.08. The predicted octanol–water partition coefficient (Wildman–Crippen LogP) is 2.29. The average molecular weight is 427 g/mol. The molecule has 0 aromatic heterocycles. The summed E-state index contributed by atoms with van der Waals surface area (Å²) in [5, 5.41) is 2.59. The van der Waals surface area contributed by atoms with E-state index in [1.54, 1.807) is 24.3 Å². The molecular formula is C16H15BrN2O5S. The van der Waals surface area contributed by atoms with Crippen LogP contribution in [0, 0.1) is 0 Å². The standard InChI is InChI=1S/C16H15BrN2O5S/c1-11(20)19-25(22,23)15-8-4-13(5-9-15)18-16(21)10-24-14-6-2-12(17)3-7-14/h2-9H,10H2,1H3,(H,18,21)(H,19,20). The number of carbonyl (C=O) groups excluding carboxylic acids is 2. The molecule has 0 aliphatic carbocycles. The van der Waals surface area contributed by atoms with E-state index in [0.29, 0.717) is 11.4 Å². The monoisotopic (exact) mass is 426 g/mol. The fourth-order valence-electron chi connectivity index (χ4n) is 1.84. The third kappa shape index (κ3) is 5.87. The number of halogens is 1. The van der Waals surface area contributed by atoms with Crippen LogP contribution in [0.2, 0.25) is 0 Å². The van der Waals surface area contributed by atoms with Gasteiger partial charge in [-0.1, -0.05) is 15.9 Å². The molecule has 2 aromatic rings. The second-order valence-corrected chi connectivity index (χ2v) is 7.57. The maximum atomic E-state index is 11.9. The fourth-order valence-corrected chi connectivity index (χ4v) is 3.10. The zero-order valence-corrected chi connectivity index (χ0v) is 15.6. The van der Waals surface area contributed by atoms with Gasteiger partial charge in [-0.3, -0.25) is 9.59 Å². The Balaban J connectivity index is 1.93. The van der Waals surface area contributed by atoms with Crippen LogP contribution in [0.15, 0.2) is 57.9 Å². The van der Waals surface area contributed by atoms with Crippen molar-refractivity contribution in [2.75, 3.05) is 11.9 Å². The molecule has 0 aliphatic heterocycles. The molecule has 0 atom stereocenters. The number of nitrogens with one attached hydrogen (secondary N) is 2. The molecule has 2 rings (SSSR count). The Morgan fingerprint density at radius 1 is 1.04 bits per heavy atom. The summed E-state index contributed by atoms with van der Waals surface area (Å²) in [6, 6.07) is 12.5. The number of carbonyl (C=O) groups is 2. The van der Waals surface area contributed by atoms with Crippen LogP contribution >= 0.6 is 15.9 Å². The van der Waals surface area contributed by atoms with E-state index >= 15 is 0 Å². The van der Waals surface area contributed by atoms with Gasteiger partial charge in [-0.2, -0.15) is 0 Å². The molecular weight excluding hydrogens is 412 g/mol. The van der Waals surface area contributed by atoms with E-state index in [2.05, 4.69) is 21.2 Å². The Hall–Kier alpha value is -2.39. The molecule has 2 amide bonds. The van der Waals surface area contributed by atoms with Crippen LogP contribution in [0.4, 0.5) is 5.69 Å². The van der Waals surface area contributed by atoms with Gasteiger partial charge in [-0.05, 0) is 48.5 Å². The summed E-state index contributed by atoms with van der Waals surface area (Å²) in [6.45, 7) is 0.922. The van der Waals surface area contributed by atoms with E-state index in [9.17, 15) is 18.0 Å². The van der Waals surface area contributed by atoms with E-state index in [1.165, 1.54) is 24.3 Å². The second-order valence-electron chi connectivity index (χ2n) is 4.98. The lowest BCUT2D eigenvalue weighted by Crippen LogP contribution is -2.28. The third-order valence-corrected chi connectivity index (χ3v) is 4.89. The Bertz CT molecular complexity index is 864. The van der Waals surface area contributed by atoms with Crippen molar-refractivity contribution in [3.05, 3.63) is 53.0 Å². The van der Waals surface area contributed by atoms with Crippen molar-refractivity contribution in [1.82, 2.24) is 4.72 Å². The van der Waals surface area contributed by atoms with Gasteiger partial charge in [0, 0.05) is 17.1 Å². The van der Waals surface area contributed by atoms with Gasteiger partial charge in [0.05, 0.1) is 4.90 Å². The topological polar surface area (TPSA) is 102 Å². The second kappa shape index (κ2) is 8.13. The minimum absolute atomic E-state index is 0.0770. The van der Waals surface area contributed by atoms with Crippen LogP contribution in [0.5, 0.6) is 5.75 Å². The highest BCUT2D eigenvalue weighted by Gasteiger charge is 2.15. The number of sulfonamides is 1. The van der Waals surface area contributed by atoms with E-state index in [4.69, 9.17) is 4.74 Å². The molecule has 0 spiro atoms. The van der Waals surface area contributed by atoms with Crippen molar-refractivity contribution in [2.24, 2.45) is 0 Å². The smallest absolute Gasteiger partial charge is 0.264 e. The third-order valence-electron chi connectivity index (χ3n) is 2.91. The van der Waals surface area contributed by atoms with Crippen molar-refractivity contribution >= 4 is 43.5 Å². The zero-order valence-electron chi connectivity index (χ0n) is 13.2. The van der Waals surface area contributed by atoms with E-state index in [0.717, 1.165) is 11.4 Å². The molecule has 0 saturated carbocycles. The van der Waals surface area contributed by atoms with Gasteiger partial charge >= 0.3 is 0 Å². The van der Waals surface area contributed by atoms with E-state index in [-0.39, 0.29) is 17.4 Å². The Labute approximate surface area is 153 Å². The van der Waals surface area contributed by atoms with Crippen molar-refractivity contribution in [1.29, 1.82) is 0 Å². The highest BCUT2D eigenvalue weighted by Crippen LogP contribution is 2.17. The highest BCUT2D eigenvalue weighted by atomic mass is 79.9. The summed E-state index contributed by atoms with van der Waals surface area (Å²) >= 11 is 3.30. The van der Waals surface area contributed by atoms with Gasteiger partial charge in [0.2, 0.25) is 5.91 Å². The molecule has 2 aromatic carbocycles. The SMILES string of the molecule is CC(=O)NS(=O)(=O)c1ccc(NC(=O)COc2ccc(Br)cc2)cc1. The van der Waals surface area contributed by atoms with Gasteiger partial charge in [-0.25, -0.2) is 13.1 Å². The molecule has 2 N–H and O–H groups in total. The number of benzene rings is 2. The van der Waals surface area contributed by atoms with Gasteiger partial charge in [0.25, 0.3) is 15.9 Å². The first kappa shape index (κ1) is 18.9. The van der Waals surface area contributed by atoms with Crippen molar-refractivity contribution < 1.29 is 22.7 Å². The lowest BCUT2D eigenvalue weighted by atomic mass is 10.3. The normalized spacial score (nSPS) is 10.8. The molecule has 9 heteroatoms. The molecule has 0 bridgehead atoms. The number of rotatable bonds is 6. The van der Waals surface area contributed by atoms with Gasteiger partial charge in [-0.15, -0.1) is 0 Å². The van der Waals surface area contributed by atoms with Crippen molar-refractivity contribution in [2.45, 2.75) is 11.8 Å². The number of hydrogen-bond acceptors (Lipinski definition) is 5. The quantitative estimate of drug-likeness (QED) is 0.737. The van der Waals surface area contributed by atoms with Gasteiger partial charge in [0.1, 0.15) is 5.75 Å². The van der Waals surface area contributed by atoms with Crippen molar-refractivity contribution in [3.8, 4) is 5.75 Å². The fraction of sp³-hybridized carbons (Fsp3) is 0.125. The van der Waals surface area contributed by atoms with E-state index in [1.807, 2.05) is 4.72 Å². The molecule has 0 saturated heterocycles. The van der Waals surface area contributed by atoms with Gasteiger partial charge in [0.15, 0.2) is 6.61 Å². The van der Waals surface area contributed by atoms with Crippen LogP contribution in [-0.2, 0) is 19.6 Å². The summed E-state index contributed by atoms with van der Waals surface area (Å²) in [5.41, 5.74) is 0.409. The largest absolute Gasteiger partial charge is 0.484 e. The Morgan fingerprint density at radius 3 is 2.20 bits per heavy atom. The predicted molar refractivity (Wildman–Crippen MR) is 95.7 cm³/mol. The van der Waals surface area contributed by atoms with Gasteiger partial charge < -0.3 is 10.1 Å². The maximum Gasteiger partial charge on any atom is 0.264 e. The molecule has 0 aliphatic rings. The molecule has 132 valence electrons. The lowest BCUT2D eigenvalue weighted by Gasteiger charge is -2.09. The first-order chi connectivity index (χ1) is 11.8. The highest BCUT2D eigenvalue weighted by molar-refractivity contribution is 9.10. The van der Waals surface area contributed by atoms with Crippen LogP contribution in [0.1, 0.15) is 6.92 Å².